The molecule has 0 bridgehead atoms. The molecule has 0 saturated carbocycles. The number of carbonyl (C=O) groups excluding carboxylic acids is 3. The van der Waals surface area contributed by atoms with E-state index in [2.05, 4.69) is 26.2 Å². The van der Waals surface area contributed by atoms with Crippen LogP contribution in [-0.4, -0.2) is 49.5 Å². The number of nitrogens with zero attached hydrogens (tertiary/aromatic N) is 5. The van der Waals surface area contributed by atoms with E-state index in [1.165, 1.54) is 11.0 Å². The van der Waals surface area contributed by atoms with E-state index in [-0.39, 0.29) is 12.5 Å². The van der Waals surface area contributed by atoms with Crippen molar-refractivity contribution in [1.29, 1.82) is 0 Å². The lowest BCUT2D eigenvalue weighted by atomic mass is 9.92. The van der Waals surface area contributed by atoms with Crippen LogP contribution in [0.1, 0.15) is 17.5 Å². The van der Waals surface area contributed by atoms with Crippen LogP contribution in [0.4, 0.5) is 10.5 Å². The Hall–Kier alpha value is -4.08. The number of imide groups is 1. The second kappa shape index (κ2) is 6.76. The van der Waals surface area contributed by atoms with Crippen molar-refractivity contribution in [3.05, 3.63) is 66.0 Å². The summed E-state index contributed by atoms with van der Waals surface area (Å²) < 4.78 is 1.48. The second-order valence-corrected chi connectivity index (χ2v) is 7.23. The highest BCUT2D eigenvalue weighted by Crippen LogP contribution is 2.41. The van der Waals surface area contributed by atoms with Gasteiger partial charge < -0.3 is 10.6 Å². The SMILES string of the molecule is O=C(CN1C(=O)N[C@@]2(CCc3ccccc32)C1=O)Nc1ccc(-n2cnnn2)cc1. The van der Waals surface area contributed by atoms with E-state index in [1.54, 1.807) is 24.3 Å². The first-order valence-corrected chi connectivity index (χ1v) is 9.43. The average molecular weight is 403 g/mol. The van der Waals surface area contributed by atoms with E-state index in [9.17, 15) is 14.4 Å². The lowest BCUT2D eigenvalue weighted by Crippen LogP contribution is -2.42. The third-order valence-electron chi connectivity index (χ3n) is 5.49. The zero-order chi connectivity index (χ0) is 20.7. The van der Waals surface area contributed by atoms with Crippen LogP contribution in [0.5, 0.6) is 0 Å². The molecule has 1 aromatic heterocycles. The van der Waals surface area contributed by atoms with Crippen molar-refractivity contribution in [2.45, 2.75) is 18.4 Å². The van der Waals surface area contributed by atoms with Crippen molar-refractivity contribution in [2.24, 2.45) is 0 Å². The molecule has 4 amide bonds. The number of fused-ring (bicyclic) bond motifs is 2. The molecule has 0 unspecified atom stereocenters. The van der Waals surface area contributed by atoms with E-state index < -0.39 is 17.5 Å². The van der Waals surface area contributed by atoms with Crippen molar-refractivity contribution in [2.75, 3.05) is 11.9 Å². The van der Waals surface area contributed by atoms with Crippen LogP contribution in [0.25, 0.3) is 5.69 Å². The third kappa shape index (κ3) is 2.81. The lowest BCUT2D eigenvalue weighted by Gasteiger charge is -2.22. The lowest BCUT2D eigenvalue weighted by molar-refractivity contribution is -0.134. The summed E-state index contributed by atoms with van der Waals surface area (Å²) in [5, 5.41) is 16.5. The molecule has 1 spiro atoms. The number of amides is 4. The number of anilines is 1. The molecule has 2 heterocycles. The number of rotatable bonds is 4. The summed E-state index contributed by atoms with van der Waals surface area (Å²) >= 11 is 0. The molecular formula is C20H17N7O3. The molecule has 2 aromatic carbocycles. The standard InChI is InChI=1S/C20H17N7O3/c28-17(22-14-5-7-15(8-6-14)27-12-21-24-25-27)11-26-18(29)20(23-19(26)30)10-9-13-3-1-2-4-16(13)20/h1-8,12H,9-11H2,(H,22,28)(H,23,30)/t20-/m1/s1. The largest absolute Gasteiger partial charge is 0.325 e. The molecule has 10 heteroatoms. The van der Waals surface area contributed by atoms with Crippen molar-refractivity contribution in [3.8, 4) is 5.69 Å². The number of benzene rings is 2. The van der Waals surface area contributed by atoms with Gasteiger partial charge in [0.1, 0.15) is 18.4 Å². The van der Waals surface area contributed by atoms with E-state index in [4.69, 9.17) is 0 Å². The normalized spacial score (nSPS) is 19.8. The Bertz CT molecular complexity index is 1140. The maximum atomic E-state index is 13.1. The molecule has 1 fully saturated rings. The quantitative estimate of drug-likeness (QED) is 0.627. The van der Waals surface area contributed by atoms with Gasteiger partial charge in [-0.15, -0.1) is 5.10 Å². The predicted molar refractivity (Wildman–Crippen MR) is 104 cm³/mol. The highest BCUT2D eigenvalue weighted by Gasteiger charge is 2.55. The minimum atomic E-state index is -1.07. The Morgan fingerprint density at radius 3 is 2.70 bits per heavy atom. The third-order valence-corrected chi connectivity index (χ3v) is 5.49. The monoisotopic (exact) mass is 403 g/mol. The number of carbonyl (C=O) groups is 3. The summed E-state index contributed by atoms with van der Waals surface area (Å²) in [7, 11) is 0. The van der Waals surface area contributed by atoms with Crippen LogP contribution in [0.15, 0.2) is 54.9 Å². The Morgan fingerprint density at radius 1 is 1.13 bits per heavy atom. The molecule has 5 rings (SSSR count). The molecule has 1 aliphatic carbocycles. The first kappa shape index (κ1) is 18.0. The van der Waals surface area contributed by atoms with E-state index in [0.29, 0.717) is 18.5 Å². The van der Waals surface area contributed by atoms with Crippen LogP contribution in [0, 0.1) is 0 Å². The van der Waals surface area contributed by atoms with Crippen LogP contribution in [-0.2, 0) is 21.5 Å². The molecule has 1 atom stereocenters. The summed E-state index contributed by atoms with van der Waals surface area (Å²) in [5.74, 6) is -0.848. The molecule has 30 heavy (non-hydrogen) atoms. The van der Waals surface area contributed by atoms with Crippen LogP contribution < -0.4 is 10.6 Å². The van der Waals surface area contributed by atoms with Gasteiger partial charge in [-0.25, -0.2) is 9.48 Å². The Labute approximate surface area is 170 Å². The number of urea groups is 1. The van der Waals surface area contributed by atoms with Gasteiger partial charge in [0.05, 0.1) is 5.69 Å². The molecular weight excluding hydrogens is 386 g/mol. The summed E-state index contributed by atoms with van der Waals surface area (Å²) in [5.41, 5.74) is 2.05. The van der Waals surface area contributed by atoms with Gasteiger partial charge in [-0.1, -0.05) is 24.3 Å². The van der Waals surface area contributed by atoms with Gasteiger partial charge in [0.2, 0.25) is 5.91 Å². The first-order valence-electron chi connectivity index (χ1n) is 9.43. The van der Waals surface area contributed by atoms with Crippen molar-refractivity contribution >= 4 is 23.5 Å². The maximum Gasteiger partial charge on any atom is 0.325 e. The van der Waals surface area contributed by atoms with Crippen LogP contribution in [0.3, 0.4) is 0 Å². The highest BCUT2D eigenvalue weighted by molar-refractivity contribution is 6.10. The number of tetrazole rings is 1. The van der Waals surface area contributed by atoms with Gasteiger partial charge >= 0.3 is 6.03 Å². The van der Waals surface area contributed by atoms with Crippen LogP contribution in [0.2, 0.25) is 0 Å². The van der Waals surface area contributed by atoms with Gasteiger partial charge in [-0.3, -0.25) is 14.5 Å². The Balaban J connectivity index is 1.29. The van der Waals surface area contributed by atoms with Gasteiger partial charge in [0.25, 0.3) is 5.91 Å². The smallest absolute Gasteiger partial charge is 0.325 e. The fraction of sp³-hybridized carbons (Fsp3) is 0.200. The van der Waals surface area contributed by atoms with E-state index in [0.717, 1.165) is 21.7 Å². The number of aromatic nitrogens is 4. The molecule has 0 radical (unpaired) electrons. The summed E-state index contributed by atoms with van der Waals surface area (Å²) in [6.45, 7) is -0.358. The van der Waals surface area contributed by atoms with Crippen LogP contribution >= 0.6 is 0 Å². The van der Waals surface area contributed by atoms with Gasteiger partial charge in [-0.2, -0.15) is 0 Å². The average Bonchev–Trinajstić information content (AvgIpc) is 3.46. The number of hydrogen-bond acceptors (Lipinski definition) is 6. The predicted octanol–water partition coefficient (Wildman–Crippen LogP) is 0.994. The van der Waals surface area contributed by atoms with Gasteiger partial charge in [-0.05, 0) is 58.7 Å². The van der Waals surface area contributed by atoms with Crippen molar-refractivity contribution in [3.63, 3.8) is 0 Å². The fourth-order valence-electron chi connectivity index (χ4n) is 4.05. The molecule has 2 N–H and O–H groups in total. The summed E-state index contributed by atoms with van der Waals surface area (Å²) in [6, 6.07) is 13.9. The molecule has 3 aromatic rings. The summed E-state index contributed by atoms with van der Waals surface area (Å²) in [4.78, 5) is 39.1. The maximum absolute atomic E-state index is 13.1. The van der Waals surface area contributed by atoms with Gasteiger partial charge in [0, 0.05) is 5.69 Å². The second-order valence-electron chi connectivity index (χ2n) is 7.23. The highest BCUT2D eigenvalue weighted by atomic mass is 16.2. The minimum Gasteiger partial charge on any atom is -0.325 e. The number of aryl methyl sites for hydroxylation is 1. The molecule has 2 aliphatic rings. The van der Waals surface area contributed by atoms with E-state index >= 15 is 0 Å². The molecule has 10 nitrogen and oxygen atoms in total. The van der Waals surface area contributed by atoms with Gasteiger partial charge in [0.15, 0.2) is 0 Å². The van der Waals surface area contributed by atoms with Crippen molar-refractivity contribution < 1.29 is 14.4 Å². The molecule has 150 valence electrons. The minimum absolute atomic E-state index is 0.358. The number of nitrogens with one attached hydrogen (secondary N) is 2. The molecule has 1 aliphatic heterocycles. The fourth-order valence-corrected chi connectivity index (χ4v) is 4.05. The molecule has 1 saturated heterocycles. The first-order chi connectivity index (χ1) is 14.6. The number of hydrogen-bond donors (Lipinski definition) is 2. The topological polar surface area (TPSA) is 122 Å². The Morgan fingerprint density at radius 2 is 1.93 bits per heavy atom. The van der Waals surface area contributed by atoms with Crippen molar-refractivity contribution in [1.82, 2.24) is 30.4 Å². The zero-order valence-electron chi connectivity index (χ0n) is 15.8. The summed E-state index contributed by atoms with van der Waals surface area (Å²) in [6.07, 6.45) is 2.66. The van der Waals surface area contributed by atoms with E-state index in [1.807, 2.05) is 24.3 Å². The Kier molecular flexibility index (Phi) is 4.05. The zero-order valence-corrected chi connectivity index (χ0v) is 15.8.